The van der Waals surface area contributed by atoms with Crippen molar-refractivity contribution in [3.63, 3.8) is 0 Å². The van der Waals surface area contributed by atoms with Crippen LogP contribution in [0.3, 0.4) is 0 Å². The summed E-state index contributed by atoms with van der Waals surface area (Å²) in [6.07, 6.45) is 1.62. The minimum Gasteiger partial charge on any atom is -0.493 e. The lowest BCUT2D eigenvalue weighted by Crippen LogP contribution is -2.32. The molecule has 0 aromatic heterocycles. The number of hydrogen-bond acceptors (Lipinski definition) is 6. The number of thioether (sulfide) groups is 1. The Bertz CT molecular complexity index is 1320. The molecular weight excluding hydrogens is 573 g/mol. The molecule has 0 aliphatic carbocycles. The topological polar surface area (TPSA) is 65.1 Å². The van der Waals surface area contributed by atoms with Crippen LogP contribution in [0.2, 0.25) is 5.02 Å². The molecule has 0 radical (unpaired) electrons. The third kappa shape index (κ3) is 6.21. The first-order valence-electron chi connectivity index (χ1n) is 10.7. The van der Waals surface area contributed by atoms with Crippen molar-refractivity contribution in [3.8, 4) is 17.2 Å². The number of halogens is 3. The van der Waals surface area contributed by atoms with Gasteiger partial charge in [0.15, 0.2) is 11.5 Å². The van der Waals surface area contributed by atoms with E-state index in [0.29, 0.717) is 32.3 Å². The summed E-state index contributed by atoms with van der Waals surface area (Å²) in [4.78, 5) is 26.7. The van der Waals surface area contributed by atoms with E-state index in [2.05, 4.69) is 15.9 Å². The molecule has 3 aromatic carbocycles. The lowest BCUT2D eigenvalue weighted by molar-refractivity contribution is -0.123. The van der Waals surface area contributed by atoms with Crippen molar-refractivity contribution in [1.82, 2.24) is 4.90 Å². The van der Waals surface area contributed by atoms with E-state index in [1.165, 1.54) is 31.4 Å². The Morgan fingerprint density at radius 2 is 1.81 bits per heavy atom. The van der Waals surface area contributed by atoms with Crippen LogP contribution in [0.4, 0.5) is 9.18 Å². The molecule has 1 heterocycles. The zero-order valence-electron chi connectivity index (χ0n) is 19.0. The summed E-state index contributed by atoms with van der Waals surface area (Å²) in [6.45, 7) is 0.408. The van der Waals surface area contributed by atoms with Gasteiger partial charge in [-0.05, 0) is 65.9 Å². The first-order valence-corrected chi connectivity index (χ1v) is 12.7. The van der Waals surface area contributed by atoms with Crippen molar-refractivity contribution in [2.45, 2.75) is 6.61 Å². The van der Waals surface area contributed by atoms with Gasteiger partial charge in [0, 0.05) is 15.1 Å². The third-order valence-corrected chi connectivity index (χ3v) is 7.14. The molecule has 4 rings (SSSR count). The SMILES string of the molecule is COc1cc(/C=C2\SC(=O)N(CCOc3ccc(F)cc3)C2=O)c(Br)cc1OCc1ccccc1Cl. The van der Waals surface area contributed by atoms with Gasteiger partial charge in [0.2, 0.25) is 0 Å². The Balaban J connectivity index is 1.44. The van der Waals surface area contributed by atoms with Gasteiger partial charge in [-0.1, -0.05) is 45.7 Å². The van der Waals surface area contributed by atoms with Crippen LogP contribution >= 0.6 is 39.3 Å². The van der Waals surface area contributed by atoms with Crippen LogP contribution in [0.25, 0.3) is 6.08 Å². The van der Waals surface area contributed by atoms with Gasteiger partial charge >= 0.3 is 0 Å². The summed E-state index contributed by atoms with van der Waals surface area (Å²) in [7, 11) is 1.52. The van der Waals surface area contributed by atoms with Crippen molar-refractivity contribution >= 4 is 56.5 Å². The Kier molecular flexibility index (Phi) is 8.56. The maximum absolute atomic E-state index is 13.0. The molecule has 2 amide bonds. The van der Waals surface area contributed by atoms with Crippen molar-refractivity contribution in [2.24, 2.45) is 0 Å². The van der Waals surface area contributed by atoms with Gasteiger partial charge in [0.1, 0.15) is 24.8 Å². The van der Waals surface area contributed by atoms with E-state index in [-0.39, 0.29) is 30.5 Å². The molecule has 0 bridgehead atoms. The Morgan fingerprint density at radius 1 is 1.06 bits per heavy atom. The number of imide groups is 1. The molecule has 10 heteroatoms. The highest BCUT2D eigenvalue weighted by molar-refractivity contribution is 9.10. The standard InChI is InChI=1S/C26H20BrClFNO5S/c1-33-22-12-17(20(27)14-23(22)35-15-16-4-2-3-5-21(16)28)13-24-25(31)30(26(32)36-24)10-11-34-19-8-6-18(29)7-9-19/h2-9,12-14H,10-11,15H2,1H3/b24-13-. The van der Waals surface area contributed by atoms with E-state index >= 15 is 0 Å². The minimum absolute atomic E-state index is 0.0682. The van der Waals surface area contributed by atoms with E-state index < -0.39 is 11.1 Å². The van der Waals surface area contributed by atoms with Crippen LogP contribution in [-0.4, -0.2) is 36.3 Å². The molecule has 1 saturated heterocycles. The van der Waals surface area contributed by atoms with Crippen LogP contribution in [-0.2, 0) is 11.4 Å². The largest absolute Gasteiger partial charge is 0.493 e. The average Bonchev–Trinajstić information content (AvgIpc) is 3.13. The Hall–Kier alpha value is -3.01. The predicted molar refractivity (Wildman–Crippen MR) is 141 cm³/mol. The highest BCUT2D eigenvalue weighted by atomic mass is 79.9. The van der Waals surface area contributed by atoms with Crippen LogP contribution in [0.5, 0.6) is 17.2 Å². The van der Waals surface area contributed by atoms with E-state index in [4.69, 9.17) is 25.8 Å². The molecule has 1 aliphatic heterocycles. The first kappa shape index (κ1) is 26.1. The van der Waals surface area contributed by atoms with Crippen LogP contribution in [0.15, 0.2) is 70.0 Å². The van der Waals surface area contributed by atoms with E-state index in [1.54, 1.807) is 24.3 Å². The number of carbonyl (C=O) groups excluding carboxylic acids is 2. The van der Waals surface area contributed by atoms with Gasteiger partial charge < -0.3 is 14.2 Å². The van der Waals surface area contributed by atoms with E-state index in [9.17, 15) is 14.0 Å². The third-order valence-electron chi connectivity index (χ3n) is 5.18. The first-order chi connectivity index (χ1) is 17.4. The lowest BCUT2D eigenvalue weighted by atomic mass is 10.1. The Morgan fingerprint density at radius 3 is 2.53 bits per heavy atom. The second-order valence-corrected chi connectivity index (χ2v) is 9.80. The number of nitrogens with zero attached hydrogens (tertiary/aromatic N) is 1. The molecule has 6 nitrogen and oxygen atoms in total. The number of rotatable bonds is 9. The van der Waals surface area contributed by atoms with Crippen LogP contribution < -0.4 is 14.2 Å². The maximum Gasteiger partial charge on any atom is 0.293 e. The van der Waals surface area contributed by atoms with Gasteiger partial charge in [0.05, 0.1) is 18.6 Å². The number of methoxy groups -OCH3 is 1. The van der Waals surface area contributed by atoms with Crippen molar-refractivity contribution in [3.05, 3.63) is 92.0 Å². The summed E-state index contributed by atoms with van der Waals surface area (Å²) in [5.74, 6) is 0.613. The highest BCUT2D eigenvalue weighted by Crippen LogP contribution is 2.38. The fourth-order valence-corrected chi connectivity index (χ4v) is 4.81. The number of ether oxygens (including phenoxy) is 3. The molecular formula is C26H20BrClFNO5S. The molecule has 1 fully saturated rings. The number of hydrogen-bond donors (Lipinski definition) is 0. The van der Waals surface area contributed by atoms with Gasteiger partial charge in [-0.25, -0.2) is 4.39 Å². The van der Waals surface area contributed by atoms with E-state index in [0.717, 1.165) is 22.2 Å². The quantitative estimate of drug-likeness (QED) is 0.251. The molecule has 3 aromatic rings. The highest BCUT2D eigenvalue weighted by Gasteiger charge is 2.35. The average molecular weight is 593 g/mol. The Labute approximate surface area is 225 Å². The van der Waals surface area contributed by atoms with Gasteiger partial charge in [-0.3, -0.25) is 14.5 Å². The fourth-order valence-electron chi connectivity index (χ4n) is 3.32. The molecule has 0 saturated carbocycles. The summed E-state index contributed by atoms with van der Waals surface area (Å²) in [5.41, 5.74) is 1.48. The second kappa shape index (κ2) is 11.8. The number of amides is 2. The lowest BCUT2D eigenvalue weighted by Gasteiger charge is -2.14. The predicted octanol–water partition coefficient (Wildman–Crippen LogP) is 6.94. The summed E-state index contributed by atoms with van der Waals surface area (Å²) in [5, 5.41) is 0.211. The monoisotopic (exact) mass is 591 g/mol. The molecule has 1 aliphatic rings. The molecule has 0 spiro atoms. The summed E-state index contributed by atoms with van der Waals surface area (Å²) < 4.78 is 30.6. The zero-order chi connectivity index (χ0) is 25.7. The van der Waals surface area contributed by atoms with Crippen LogP contribution in [0, 0.1) is 5.82 Å². The van der Waals surface area contributed by atoms with Gasteiger partial charge in [-0.15, -0.1) is 0 Å². The smallest absolute Gasteiger partial charge is 0.293 e. The van der Waals surface area contributed by atoms with Gasteiger partial charge in [-0.2, -0.15) is 0 Å². The maximum atomic E-state index is 13.0. The second-order valence-electron chi connectivity index (χ2n) is 7.54. The fraction of sp³-hybridized carbons (Fsp3) is 0.154. The summed E-state index contributed by atoms with van der Waals surface area (Å²) >= 11 is 10.6. The number of benzene rings is 3. The zero-order valence-corrected chi connectivity index (χ0v) is 22.2. The van der Waals surface area contributed by atoms with Gasteiger partial charge in [0.25, 0.3) is 11.1 Å². The van der Waals surface area contributed by atoms with Crippen molar-refractivity contribution in [2.75, 3.05) is 20.3 Å². The minimum atomic E-state index is -0.419. The van der Waals surface area contributed by atoms with E-state index in [1.807, 2.05) is 18.2 Å². The summed E-state index contributed by atoms with van der Waals surface area (Å²) in [6, 6.07) is 16.4. The van der Waals surface area contributed by atoms with Crippen LogP contribution in [0.1, 0.15) is 11.1 Å². The van der Waals surface area contributed by atoms with Crippen molar-refractivity contribution < 1.29 is 28.2 Å². The number of carbonyl (C=O) groups is 2. The normalized spacial score (nSPS) is 14.4. The molecule has 0 N–H and O–H groups in total. The molecule has 0 unspecified atom stereocenters. The van der Waals surface area contributed by atoms with Crippen molar-refractivity contribution in [1.29, 1.82) is 0 Å². The molecule has 186 valence electrons. The molecule has 0 atom stereocenters. The molecule has 36 heavy (non-hydrogen) atoms.